The number of carbonyl (C=O) groups is 1. The van der Waals surface area contributed by atoms with Gasteiger partial charge < -0.3 is 9.64 Å². The fraction of sp³-hybridized carbons (Fsp3) is 0.727. The maximum absolute atomic E-state index is 12.0. The average Bonchev–Trinajstić information content (AvgIpc) is 2.77. The van der Waals surface area contributed by atoms with E-state index in [2.05, 4.69) is 15.2 Å². The lowest BCUT2D eigenvalue weighted by Crippen LogP contribution is -2.34. The topological polar surface area (TPSA) is 71.1 Å². The highest BCUT2D eigenvalue weighted by Crippen LogP contribution is 2.08. The minimum absolute atomic E-state index is 0.00698. The number of amides is 1. The molecule has 6 nitrogen and oxygen atoms in total. The smallest absolute Gasteiger partial charge is 0.293 e. The van der Waals surface area contributed by atoms with Gasteiger partial charge in [-0.15, -0.1) is 5.10 Å². The third-order valence-electron chi connectivity index (χ3n) is 2.52. The van der Waals surface area contributed by atoms with Crippen LogP contribution in [0.1, 0.15) is 43.1 Å². The fourth-order valence-corrected chi connectivity index (χ4v) is 1.34. The molecule has 1 unspecified atom stereocenters. The molecule has 0 fully saturated rings. The Bertz CT molecular complexity index is 375. The summed E-state index contributed by atoms with van der Waals surface area (Å²) >= 11 is 0. The van der Waals surface area contributed by atoms with Gasteiger partial charge in [0.2, 0.25) is 5.82 Å². The molecule has 1 aromatic heterocycles. The van der Waals surface area contributed by atoms with Gasteiger partial charge in [-0.05, 0) is 6.92 Å². The van der Waals surface area contributed by atoms with Gasteiger partial charge in [-0.3, -0.25) is 9.89 Å². The first-order chi connectivity index (χ1) is 7.95. The Kier molecular flexibility index (Phi) is 4.62. The van der Waals surface area contributed by atoms with Crippen LogP contribution in [-0.2, 0) is 4.74 Å². The lowest BCUT2D eigenvalue weighted by atomic mass is 10.2. The van der Waals surface area contributed by atoms with Gasteiger partial charge in [0, 0.05) is 26.6 Å². The van der Waals surface area contributed by atoms with Crippen LogP contribution in [0.15, 0.2) is 0 Å². The van der Waals surface area contributed by atoms with Gasteiger partial charge in [-0.1, -0.05) is 13.8 Å². The van der Waals surface area contributed by atoms with E-state index in [1.165, 1.54) is 0 Å². The zero-order valence-corrected chi connectivity index (χ0v) is 11.0. The molecule has 0 saturated carbocycles. The zero-order chi connectivity index (χ0) is 13.0. The molecule has 0 spiro atoms. The Hall–Kier alpha value is -1.43. The van der Waals surface area contributed by atoms with Crippen LogP contribution in [-0.4, -0.2) is 52.8 Å². The predicted octanol–water partition coefficient (Wildman–Crippen LogP) is 1.03. The van der Waals surface area contributed by atoms with Crippen molar-refractivity contribution < 1.29 is 9.53 Å². The molecule has 1 amide bonds. The monoisotopic (exact) mass is 240 g/mol. The maximum atomic E-state index is 12.0. The quantitative estimate of drug-likeness (QED) is 0.834. The number of nitrogens with one attached hydrogen (secondary N) is 1. The SMILES string of the molecule is COC(C)CN(C)C(=O)c1n[nH]c(C(C)C)n1. The number of likely N-dealkylation sites (N-methyl/N-ethyl adjacent to an activating group) is 1. The highest BCUT2D eigenvalue weighted by atomic mass is 16.5. The normalized spacial score (nSPS) is 12.8. The van der Waals surface area contributed by atoms with Crippen LogP contribution in [0.4, 0.5) is 0 Å². The van der Waals surface area contributed by atoms with E-state index in [1.807, 2.05) is 20.8 Å². The molecule has 0 aliphatic heterocycles. The number of nitrogens with zero attached hydrogens (tertiary/aromatic N) is 3. The first-order valence-electron chi connectivity index (χ1n) is 5.66. The van der Waals surface area contributed by atoms with E-state index in [-0.39, 0.29) is 23.8 Å². The lowest BCUT2D eigenvalue weighted by molar-refractivity contribution is 0.0591. The van der Waals surface area contributed by atoms with Gasteiger partial charge in [0.15, 0.2) is 0 Å². The van der Waals surface area contributed by atoms with E-state index in [0.717, 1.165) is 5.82 Å². The van der Waals surface area contributed by atoms with Crippen molar-refractivity contribution in [3.05, 3.63) is 11.6 Å². The van der Waals surface area contributed by atoms with Crippen LogP contribution in [0.2, 0.25) is 0 Å². The molecule has 6 heteroatoms. The minimum atomic E-state index is -0.197. The van der Waals surface area contributed by atoms with Crippen molar-refractivity contribution in [2.45, 2.75) is 32.8 Å². The van der Waals surface area contributed by atoms with Gasteiger partial charge in [-0.2, -0.15) is 0 Å². The van der Waals surface area contributed by atoms with E-state index >= 15 is 0 Å². The summed E-state index contributed by atoms with van der Waals surface area (Å²) in [5.41, 5.74) is 0. The van der Waals surface area contributed by atoms with Crippen molar-refractivity contribution in [2.24, 2.45) is 0 Å². The van der Waals surface area contributed by atoms with Crippen LogP contribution in [0.5, 0.6) is 0 Å². The Morgan fingerprint density at radius 3 is 2.59 bits per heavy atom. The molecule has 1 rings (SSSR count). The van der Waals surface area contributed by atoms with Crippen molar-refractivity contribution in [3.63, 3.8) is 0 Å². The van der Waals surface area contributed by atoms with Crippen LogP contribution in [0.25, 0.3) is 0 Å². The van der Waals surface area contributed by atoms with Crippen molar-refractivity contribution >= 4 is 5.91 Å². The van der Waals surface area contributed by atoms with E-state index in [4.69, 9.17) is 4.74 Å². The second-order valence-electron chi connectivity index (χ2n) is 4.43. The summed E-state index contributed by atoms with van der Waals surface area (Å²) in [7, 11) is 3.33. The number of rotatable bonds is 5. The van der Waals surface area contributed by atoms with Gasteiger partial charge in [-0.25, -0.2) is 4.98 Å². The molecule has 0 aromatic carbocycles. The number of hydrogen-bond donors (Lipinski definition) is 1. The predicted molar refractivity (Wildman–Crippen MR) is 63.9 cm³/mol. The number of H-pyrrole nitrogens is 1. The first-order valence-corrected chi connectivity index (χ1v) is 5.66. The summed E-state index contributed by atoms with van der Waals surface area (Å²) in [4.78, 5) is 17.7. The van der Waals surface area contributed by atoms with Crippen LogP contribution in [0, 0.1) is 0 Å². The van der Waals surface area contributed by atoms with Crippen molar-refractivity contribution in [1.29, 1.82) is 0 Å². The molecule has 0 bridgehead atoms. The summed E-state index contributed by atoms with van der Waals surface area (Å²) in [6, 6.07) is 0. The van der Waals surface area contributed by atoms with Crippen molar-refractivity contribution in [3.8, 4) is 0 Å². The fourth-order valence-electron chi connectivity index (χ4n) is 1.34. The van der Waals surface area contributed by atoms with Gasteiger partial charge in [0.05, 0.1) is 6.10 Å². The van der Waals surface area contributed by atoms with Crippen molar-refractivity contribution in [2.75, 3.05) is 20.7 Å². The highest BCUT2D eigenvalue weighted by Gasteiger charge is 2.19. The van der Waals surface area contributed by atoms with E-state index in [0.29, 0.717) is 6.54 Å². The standard InChI is InChI=1S/C11H20N4O2/c1-7(2)9-12-10(14-13-9)11(16)15(4)6-8(3)17-5/h7-8H,6H2,1-5H3,(H,12,13,14). The Labute approximate surface area is 101 Å². The summed E-state index contributed by atoms with van der Waals surface area (Å²) in [5.74, 6) is 0.963. The molecule has 0 radical (unpaired) electrons. The number of methoxy groups -OCH3 is 1. The number of aromatic nitrogens is 3. The van der Waals surface area contributed by atoms with Crippen LogP contribution >= 0.6 is 0 Å². The molecule has 0 aliphatic carbocycles. The van der Waals surface area contributed by atoms with E-state index < -0.39 is 0 Å². The molecule has 1 atom stereocenters. The van der Waals surface area contributed by atoms with Crippen LogP contribution < -0.4 is 0 Å². The number of ether oxygens (including phenoxy) is 1. The Balaban J connectivity index is 2.68. The largest absolute Gasteiger partial charge is 0.380 e. The molecule has 1 heterocycles. The van der Waals surface area contributed by atoms with E-state index in [1.54, 1.807) is 19.1 Å². The van der Waals surface area contributed by atoms with Crippen molar-refractivity contribution in [1.82, 2.24) is 20.1 Å². The summed E-state index contributed by atoms with van der Waals surface area (Å²) in [6.07, 6.45) is -0.00698. The molecular weight excluding hydrogens is 220 g/mol. The summed E-state index contributed by atoms with van der Waals surface area (Å²) in [6.45, 7) is 6.40. The second kappa shape index (κ2) is 5.77. The Morgan fingerprint density at radius 2 is 2.12 bits per heavy atom. The van der Waals surface area contributed by atoms with Crippen LogP contribution in [0.3, 0.4) is 0 Å². The second-order valence-corrected chi connectivity index (χ2v) is 4.43. The minimum Gasteiger partial charge on any atom is -0.380 e. The Morgan fingerprint density at radius 1 is 1.47 bits per heavy atom. The number of hydrogen-bond acceptors (Lipinski definition) is 4. The maximum Gasteiger partial charge on any atom is 0.293 e. The lowest BCUT2D eigenvalue weighted by Gasteiger charge is -2.19. The number of aromatic amines is 1. The number of carbonyl (C=O) groups excluding carboxylic acids is 1. The molecule has 1 aromatic rings. The summed E-state index contributed by atoms with van der Waals surface area (Å²) in [5, 5.41) is 6.69. The van der Waals surface area contributed by atoms with Gasteiger partial charge in [0.1, 0.15) is 5.82 Å². The van der Waals surface area contributed by atoms with Gasteiger partial charge >= 0.3 is 0 Å². The first kappa shape index (κ1) is 13.6. The summed E-state index contributed by atoms with van der Waals surface area (Å²) < 4.78 is 5.11. The molecular formula is C11H20N4O2. The van der Waals surface area contributed by atoms with E-state index in [9.17, 15) is 4.79 Å². The highest BCUT2D eigenvalue weighted by molar-refractivity contribution is 5.90. The average molecular weight is 240 g/mol. The molecule has 0 saturated heterocycles. The molecule has 0 aliphatic rings. The third-order valence-corrected chi connectivity index (χ3v) is 2.52. The third kappa shape index (κ3) is 3.52. The molecule has 1 N–H and O–H groups in total. The molecule has 17 heavy (non-hydrogen) atoms. The van der Waals surface area contributed by atoms with Gasteiger partial charge in [0.25, 0.3) is 5.91 Å². The zero-order valence-electron chi connectivity index (χ0n) is 11.0. The molecule has 96 valence electrons.